The summed E-state index contributed by atoms with van der Waals surface area (Å²) in [6, 6.07) is 5.09. The topological polar surface area (TPSA) is 73.6 Å². The first-order valence-electron chi connectivity index (χ1n) is 6.37. The van der Waals surface area contributed by atoms with Crippen LogP contribution in [0.15, 0.2) is 18.2 Å². The summed E-state index contributed by atoms with van der Waals surface area (Å²) in [4.78, 5) is 12.0. The van der Waals surface area contributed by atoms with E-state index in [2.05, 4.69) is 5.32 Å². The van der Waals surface area contributed by atoms with Gasteiger partial charge in [0.05, 0.1) is 18.9 Å². The van der Waals surface area contributed by atoms with Crippen molar-refractivity contribution in [3.63, 3.8) is 0 Å². The molecular formula is C14H22N2O3. The normalized spacial score (nSPS) is 13.7. The Morgan fingerprint density at radius 1 is 1.42 bits per heavy atom. The predicted molar refractivity (Wildman–Crippen MR) is 76.3 cm³/mol. The molecule has 1 rings (SSSR count). The predicted octanol–water partition coefficient (Wildman–Crippen LogP) is 2.42. The molecule has 5 nitrogen and oxygen atoms in total. The molecule has 1 amide bonds. The van der Waals surface area contributed by atoms with Crippen molar-refractivity contribution in [3.8, 4) is 5.75 Å². The Morgan fingerprint density at radius 2 is 2.11 bits per heavy atom. The zero-order valence-corrected chi connectivity index (χ0v) is 11.9. The van der Waals surface area contributed by atoms with E-state index in [1.165, 1.54) is 0 Å². The summed E-state index contributed by atoms with van der Waals surface area (Å²) in [5, 5.41) is 2.76. The minimum absolute atomic E-state index is 0.0449. The summed E-state index contributed by atoms with van der Waals surface area (Å²) in [6.07, 6.45) is 0.378. The fourth-order valence-corrected chi connectivity index (χ4v) is 1.56. The molecule has 2 atom stereocenters. The molecule has 0 aliphatic rings. The van der Waals surface area contributed by atoms with Crippen LogP contribution in [0.4, 0.5) is 11.4 Å². The van der Waals surface area contributed by atoms with Gasteiger partial charge in [-0.1, -0.05) is 6.92 Å². The van der Waals surface area contributed by atoms with Crippen molar-refractivity contribution in [3.05, 3.63) is 18.2 Å². The lowest BCUT2D eigenvalue weighted by Crippen LogP contribution is -2.30. The van der Waals surface area contributed by atoms with Crippen LogP contribution in [0.1, 0.15) is 27.2 Å². The standard InChI is InChI=1S/C14H22N2O3/c1-5-9(2)19-10(3)14(17)16-12-8-11(15)6-7-13(12)18-4/h6-10H,5,15H2,1-4H3,(H,16,17). The molecule has 1 aromatic rings. The van der Waals surface area contributed by atoms with Crippen molar-refractivity contribution in [1.82, 2.24) is 0 Å². The van der Waals surface area contributed by atoms with Gasteiger partial charge in [-0.25, -0.2) is 0 Å². The second-order valence-electron chi connectivity index (χ2n) is 4.45. The Bertz CT molecular complexity index is 435. The fourth-order valence-electron chi connectivity index (χ4n) is 1.56. The fraction of sp³-hybridized carbons (Fsp3) is 0.500. The quantitative estimate of drug-likeness (QED) is 0.775. The molecule has 0 heterocycles. The van der Waals surface area contributed by atoms with E-state index < -0.39 is 6.10 Å². The number of carbonyl (C=O) groups excluding carboxylic acids is 1. The van der Waals surface area contributed by atoms with E-state index >= 15 is 0 Å². The van der Waals surface area contributed by atoms with Crippen LogP contribution in [0.5, 0.6) is 5.75 Å². The molecule has 3 N–H and O–H groups in total. The number of anilines is 2. The molecule has 0 spiro atoms. The maximum atomic E-state index is 12.0. The molecule has 0 saturated heterocycles. The Hall–Kier alpha value is -1.75. The molecule has 0 aliphatic carbocycles. The molecule has 1 aromatic carbocycles. The third kappa shape index (κ3) is 4.44. The van der Waals surface area contributed by atoms with Crippen LogP contribution in [0.25, 0.3) is 0 Å². The van der Waals surface area contributed by atoms with Crippen molar-refractivity contribution in [2.45, 2.75) is 39.4 Å². The first kappa shape index (κ1) is 15.3. The van der Waals surface area contributed by atoms with Gasteiger partial charge in [0.25, 0.3) is 5.91 Å². The van der Waals surface area contributed by atoms with Crippen molar-refractivity contribution >= 4 is 17.3 Å². The molecule has 0 aliphatic heterocycles. The van der Waals surface area contributed by atoms with Crippen molar-refractivity contribution in [2.24, 2.45) is 0 Å². The number of ether oxygens (including phenoxy) is 2. The van der Waals surface area contributed by atoms with E-state index in [4.69, 9.17) is 15.2 Å². The van der Waals surface area contributed by atoms with Gasteiger partial charge in [0.15, 0.2) is 0 Å². The highest BCUT2D eigenvalue weighted by Gasteiger charge is 2.17. The molecule has 0 radical (unpaired) electrons. The third-order valence-corrected chi connectivity index (χ3v) is 2.86. The number of nitrogens with one attached hydrogen (secondary N) is 1. The van der Waals surface area contributed by atoms with Gasteiger partial charge in [-0.15, -0.1) is 0 Å². The molecule has 19 heavy (non-hydrogen) atoms. The van der Waals surface area contributed by atoms with Gasteiger partial charge in [-0.3, -0.25) is 4.79 Å². The number of rotatable bonds is 6. The maximum absolute atomic E-state index is 12.0. The van der Waals surface area contributed by atoms with E-state index in [-0.39, 0.29) is 12.0 Å². The van der Waals surface area contributed by atoms with E-state index in [1.54, 1.807) is 32.2 Å². The van der Waals surface area contributed by atoms with Gasteiger partial charge in [-0.2, -0.15) is 0 Å². The third-order valence-electron chi connectivity index (χ3n) is 2.86. The molecule has 5 heteroatoms. The Balaban J connectivity index is 2.73. The van der Waals surface area contributed by atoms with E-state index in [0.29, 0.717) is 17.1 Å². The Morgan fingerprint density at radius 3 is 2.68 bits per heavy atom. The number of nitrogens with two attached hydrogens (primary N) is 1. The SMILES string of the molecule is CCC(C)OC(C)C(=O)Nc1cc(N)ccc1OC. The molecule has 0 aromatic heterocycles. The smallest absolute Gasteiger partial charge is 0.253 e. The van der Waals surface area contributed by atoms with E-state index in [0.717, 1.165) is 6.42 Å². The minimum Gasteiger partial charge on any atom is -0.495 e. The van der Waals surface area contributed by atoms with Crippen LogP contribution in [0.2, 0.25) is 0 Å². The second kappa shape index (κ2) is 6.99. The largest absolute Gasteiger partial charge is 0.495 e. The minimum atomic E-state index is -0.527. The zero-order valence-electron chi connectivity index (χ0n) is 11.9. The van der Waals surface area contributed by atoms with Crippen LogP contribution < -0.4 is 15.8 Å². The number of carbonyl (C=O) groups is 1. The summed E-state index contributed by atoms with van der Waals surface area (Å²) in [7, 11) is 1.54. The number of hydrogen-bond acceptors (Lipinski definition) is 4. The number of nitrogen functional groups attached to an aromatic ring is 1. The van der Waals surface area contributed by atoms with Gasteiger partial charge < -0.3 is 20.5 Å². The van der Waals surface area contributed by atoms with Crippen LogP contribution >= 0.6 is 0 Å². The number of benzene rings is 1. The van der Waals surface area contributed by atoms with Gasteiger partial charge in [0.1, 0.15) is 11.9 Å². The van der Waals surface area contributed by atoms with Crippen LogP contribution in [0, 0.1) is 0 Å². The van der Waals surface area contributed by atoms with Gasteiger partial charge >= 0.3 is 0 Å². The highest BCUT2D eigenvalue weighted by atomic mass is 16.5. The van der Waals surface area contributed by atoms with E-state index in [9.17, 15) is 4.79 Å². The van der Waals surface area contributed by atoms with Crippen LogP contribution in [-0.4, -0.2) is 25.2 Å². The Kier molecular flexibility index (Phi) is 5.63. The zero-order chi connectivity index (χ0) is 14.4. The summed E-state index contributed by atoms with van der Waals surface area (Å²) in [6.45, 7) is 5.67. The lowest BCUT2D eigenvalue weighted by molar-refractivity contribution is -0.129. The molecule has 0 fully saturated rings. The monoisotopic (exact) mass is 266 g/mol. The first-order chi connectivity index (χ1) is 8.97. The van der Waals surface area contributed by atoms with Crippen LogP contribution in [0.3, 0.4) is 0 Å². The summed E-state index contributed by atoms with van der Waals surface area (Å²) < 4.78 is 10.7. The number of methoxy groups -OCH3 is 1. The molecule has 106 valence electrons. The Labute approximate surface area is 114 Å². The highest BCUT2D eigenvalue weighted by molar-refractivity contribution is 5.95. The highest BCUT2D eigenvalue weighted by Crippen LogP contribution is 2.26. The van der Waals surface area contributed by atoms with Crippen LogP contribution in [-0.2, 0) is 9.53 Å². The lowest BCUT2D eigenvalue weighted by atomic mass is 10.2. The summed E-state index contributed by atoms with van der Waals surface area (Å²) in [5.74, 6) is 0.350. The summed E-state index contributed by atoms with van der Waals surface area (Å²) >= 11 is 0. The maximum Gasteiger partial charge on any atom is 0.253 e. The van der Waals surface area contributed by atoms with Crippen molar-refractivity contribution < 1.29 is 14.3 Å². The first-order valence-corrected chi connectivity index (χ1v) is 6.37. The molecule has 2 unspecified atom stereocenters. The number of hydrogen-bond donors (Lipinski definition) is 2. The van der Waals surface area contributed by atoms with E-state index in [1.807, 2.05) is 13.8 Å². The van der Waals surface area contributed by atoms with Gasteiger partial charge in [-0.05, 0) is 38.5 Å². The second-order valence-corrected chi connectivity index (χ2v) is 4.45. The lowest BCUT2D eigenvalue weighted by Gasteiger charge is -2.18. The molecule has 0 bridgehead atoms. The van der Waals surface area contributed by atoms with Gasteiger partial charge in [0.2, 0.25) is 0 Å². The molecular weight excluding hydrogens is 244 g/mol. The number of amides is 1. The van der Waals surface area contributed by atoms with Gasteiger partial charge in [0, 0.05) is 5.69 Å². The summed E-state index contributed by atoms with van der Waals surface area (Å²) in [5.41, 5.74) is 6.81. The average molecular weight is 266 g/mol. The van der Waals surface area contributed by atoms with Crippen molar-refractivity contribution in [2.75, 3.05) is 18.2 Å². The molecule has 0 saturated carbocycles. The van der Waals surface area contributed by atoms with Crippen molar-refractivity contribution in [1.29, 1.82) is 0 Å². The average Bonchev–Trinajstić information content (AvgIpc) is 2.38.